The van der Waals surface area contributed by atoms with Crippen molar-refractivity contribution in [2.75, 3.05) is 0 Å². The van der Waals surface area contributed by atoms with Crippen molar-refractivity contribution in [3.63, 3.8) is 0 Å². The van der Waals surface area contributed by atoms with E-state index in [0.29, 0.717) is 11.0 Å². The molecule has 2 heterocycles. The molecule has 37 heavy (non-hydrogen) atoms. The molecule has 2 aromatic heterocycles. The van der Waals surface area contributed by atoms with Crippen molar-refractivity contribution in [3.8, 4) is 45.2 Å². The molecule has 0 bridgehead atoms. The molecule has 0 atom stereocenters. The van der Waals surface area contributed by atoms with Crippen molar-refractivity contribution in [2.24, 2.45) is 0 Å². The van der Waals surface area contributed by atoms with Gasteiger partial charge in [0.2, 0.25) is 0 Å². The van der Waals surface area contributed by atoms with Crippen molar-refractivity contribution in [2.45, 2.75) is 0 Å². The fourth-order valence-corrected chi connectivity index (χ4v) is 3.96. The van der Waals surface area contributed by atoms with Gasteiger partial charge in [-0.05, 0) is 17.2 Å². The monoisotopic (exact) mass is 498 g/mol. The summed E-state index contributed by atoms with van der Waals surface area (Å²) >= 11 is 6.23. The normalized spacial score (nSPS) is 10.3. The third kappa shape index (κ3) is 6.31. The van der Waals surface area contributed by atoms with E-state index in [1.54, 1.807) is 18.5 Å². The highest BCUT2D eigenvalue weighted by atomic mass is 35.5. The van der Waals surface area contributed by atoms with Gasteiger partial charge in [0.1, 0.15) is 5.15 Å². The Kier molecular flexibility index (Phi) is 7.70. The predicted molar refractivity (Wildman–Crippen MR) is 151 cm³/mol. The molecule has 6 rings (SSSR count). The summed E-state index contributed by atoms with van der Waals surface area (Å²) in [7, 11) is 0. The Morgan fingerprint density at radius 3 is 1.43 bits per heavy atom. The van der Waals surface area contributed by atoms with Crippen LogP contribution in [0.15, 0.2) is 140 Å². The van der Waals surface area contributed by atoms with E-state index in [0.717, 1.165) is 28.2 Å². The lowest BCUT2D eigenvalue weighted by molar-refractivity contribution is 1.18. The maximum atomic E-state index is 6.23. The Morgan fingerprint density at radius 1 is 0.405 bits per heavy atom. The maximum Gasteiger partial charge on any atom is 0.161 e. The molecule has 0 amide bonds. The van der Waals surface area contributed by atoms with Crippen LogP contribution in [-0.2, 0) is 0 Å². The van der Waals surface area contributed by atoms with Crippen LogP contribution in [0.2, 0.25) is 5.15 Å². The molecule has 0 saturated heterocycles. The van der Waals surface area contributed by atoms with Crippen LogP contribution in [-0.4, -0.2) is 19.9 Å². The first-order valence-corrected chi connectivity index (χ1v) is 12.2. The second-order valence-corrected chi connectivity index (χ2v) is 8.53. The molecule has 6 aromatic rings. The molecule has 0 radical (unpaired) electrons. The Hall–Kier alpha value is -4.67. The molecule has 0 fully saturated rings. The zero-order valence-corrected chi connectivity index (χ0v) is 20.7. The van der Waals surface area contributed by atoms with E-state index in [9.17, 15) is 0 Å². The van der Waals surface area contributed by atoms with Crippen molar-refractivity contribution >= 4 is 11.6 Å². The summed E-state index contributed by atoms with van der Waals surface area (Å²) in [6.45, 7) is 0. The number of nitrogens with zero attached hydrogens (tertiary/aromatic N) is 4. The van der Waals surface area contributed by atoms with Crippen LogP contribution in [0.1, 0.15) is 0 Å². The van der Waals surface area contributed by atoms with Crippen LogP contribution in [0.5, 0.6) is 0 Å². The summed E-state index contributed by atoms with van der Waals surface area (Å²) in [4.78, 5) is 17.3. The first-order valence-electron chi connectivity index (χ1n) is 11.8. The molecular weight excluding hydrogens is 476 g/mol. The summed E-state index contributed by atoms with van der Waals surface area (Å²) in [6, 6.07) is 42.0. The standard InChI is InChI=1S/C22H15ClN2.C10H8N2/c23-21-15-20(24-22(25-21)19-9-5-2-6-10-19)18-13-11-17(12-14-18)16-7-3-1-4-8-16;1-2-5-9(6-3-1)10-11-7-4-8-12-10/h1-15H;1-8H. The predicted octanol–water partition coefficient (Wildman–Crippen LogP) is 8.27. The SMILES string of the molecule is Clc1cc(-c2ccc(-c3ccccc3)cc2)nc(-c2ccccc2)n1.c1ccc(-c2ncccn2)cc1. The summed E-state index contributed by atoms with van der Waals surface area (Å²) in [5, 5.41) is 0.441. The minimum atomic E-state index is 0.441. The topological polar surface area (TPSA) is 51.6 Å². The van der Waals surface area contributed by atoms with Crippen LogP contribution >= 0.6 is 11.6 Å². The minimum absolute atomic E-state index is 0.441. The Labute approximate surface area is 221 Å². The zero-order valence-electron chi connectivity index (χ0n) is 19.9. The van der Waals surface area contributed by atoms with Gasteiger partial charge in [0, 0.05) is 35.2 Å². The van der Waals surface area contributed by atoms with Gasteiger partial charge in [-0.25, -0.2) is 19.9 Å². The first-order chi connectivity index (χ1) is 18.3. The fraction of sp³-hybridized carbons (Fsp3) is 0. The average Bonchev–Trinajstić information content (AvgIpc) is 2.99. The highest BCUT2D eigenvalue weighted by Gasteiger charge is 2.08. The molecule has 0 spiro atoms. The third-order valence-corrected chi connectivity index (χ3v) is 5.81. The molecule has 178 valence electrons. The number of hydrogen-bond acceptors (Lipinski definition) is 4. The van der Waals surface area contributed by atoms with Gasteiger partial charge in [-0.3, -0.25) is 0 Å². The molecule has 0 N–H and O–H groups in total. The van der Waals surface area contributed by atoms with Gasteiger partial charge in [0.15, 0.2) is 11.6 Å². The van der Waals surface area contributed by atoms with E-state index in [4.69, 9.17) is 11.6 Å². The summed E-state index contributed by atoms with van der Waals surface area (Å²) in [5.74, 6) is 1.41. The van der Waals surface area contributed by atoms with Gasteiger partial charge >= 0.3 is 0 Å². The van der Waals surface area contributed by atoms with Crippen LogP contribution in [0.4, 0.5) is 0 Å². The van der Waals surface area contributed by atoms with Crippen LogP contribution in [0.25, 0.3) is 45.2 Å². The van der Waals surface area contributed by atoms with Crippen molar-refractivity contribution < 1.29 is 0 Å². The van der Waals surface area contributed by atoms with E-state index < -0.39 is 0 Å². The largest absolute Gasteiger partial charge is 0.237 e. The lowest BCUT2D eigenvalue weighted by Crippen LogP contribution is -1.93. The molecular formula is C32H23ClN4. The van der Waals surface area contributed by atoms with E-state index in [-0.39, 0.29) is 0 Å². The molecule has 0 aliphatic heterocycles. The van der Waals surface area contributed by atoms with Crippen molar-refractivity contribution in [1.82, 2.24) is 19.9 Å². The van der Waals surface area contributed by atoms with E-state index in [1.165, 1.54) is 11.1 Å². The number of halogens is 1. The smallest absolute Gasteiger partial charge is 0.161 e. The number of benzene rings is 4. The molecule has 0 aliphatic rings. The second-order valence-electron chi connectivity index (χ2n) is 8.15. The number of hydrogen-bond donors (Lipinski definition) is 0. The molecule has 4 aromatic carbocycles. The molecule has 5 heteroatoms. The third-order valence-electron chi connectivity index (χ3n) is 5.61. The molecule has 0 saturated carbocycles. The number of aromatic nitrogens is 4. The highest BCUT2D eigenvalue weighted by Crippen LogP contribution is 2.27. The lowest BCUT2D eigenvalue weighted by Gasteiger charge is -2.07. The Morgan fingerprint density at radius 2 is 0.865 bits per heavy atom. The molecule has 0 aliphatic carbocycles. The van der Waals surface area contributed by atoms with Crippen molar-refractivity contribution in [1.29, 1.82) is 0 Å². The fourth-order valence-electron chi connectivity index (χ4n) is 3.78. The van der Waals surface area contributed by atoms with E-state index >= 15 is 0 Å². The van der Waals surface area contributed by atoms with Gasteiger partial charge in [-0.15, -0.1) is 0 Å². The van der Waals surface area contributed by atoms with Crippen molar-refractivity contribution in [3.05, 3.63) is 145 Å². The van der Waals surface area contributed by atoms with Crippen LogP contribution < -0.4 is 0 Å². The Balaban J connectivity index is 0.000000195. The Bertz CT molecular complexity index is 1500. The minimum Gasteiger partial charge on any atom is -0.237 e. The quantitative estimate of drug-likeness (QED) is 0.229. The zero-order chi connectivity index (χ0) is 25.3. The summed E-state index contributed by atoms with van der Waals surface area (Å²) in [6.07, 6.45) is 3.49. The average molecular weight is 499 g/mol. The first kappa shape index (κ1) is 24.0. The van der Waals surface area contributed by atoms with E-state index in [2.05, 4.69) is 56.3 Å². The molecule has 4 nitrogen and oxygen atoms in total. The highest BCUT2D eigenvalue weighted by molar-refractivity contribution is 6.29. The van der Waals surface area contributed by atoms with Gasteiger partial charge in [0.25, 0.3) is 0 Å². The number of rotatable bonds is 4. The maximum absolute atomic E-state index is 6.23. The van der Waals surface area contributed by atoms with Gasteiger partial charge < -0.3 is 0 Å². The van der Waals surface area contributed by atoms with Crippen LogP contribution in [0, 0.1) is 0 Å². The summed E-state index contributed by atoms with van der Waals surface area (Å²) < 4.78 is 0. The molecule has 0 unspecified atom stereocenters. The van der Waals surface area contributed by atoms with Gasteiger partial charge in [0.05, 0.1) is 5.69 Å². The lowest BCUT2D eigenvalue weighted by atomic mass is 10.0. The van der Waals surface area contributed by atoms with Gasteiger partial charge in [-0.1, -0.05) is 127 Å². The van der Waals surface area contributed by atoms with E-state index in [1.807, 2.05) is 84.9 Å². The van der Waals surface area contributed by atoms with Gasteiger partial charge in [-0.2, -0.15) is 0 Å². The second kappa shape index (κ2) is 11.8. The summed E-state index contributed by atoms with van der Waals surface area (Å²) in [5.41, 5.74) is 6.21. The van der Waals surface area contributed by atoms with Crippen LogP contribution in [0.3, 0.4) is 0 Å².